The van der Waals surface area contributed by atoms with Crippen molar-refractivity contribution in [1.29, 1.82) is 0 Å². The van der Waals surface area contributed by atoms with Crippen LogP contribution in [-0.2, 0) is 10.9 Å². The van der Waals surface area contributed by atoms with Crippen molar-refractivity contribution in [3.63, 3.8) is 0 Å². The highest BCUT2D eigenvalue weighted by molar-refractivity contribution is 5.78. The molecule has 15 heteroatoms. The zero-order valence-corrected chi connectivity index (χ0v) is 21.7. The summed E-state index contributed by atoms with van der Waals surface area (Å²) < 4.78 is 98.3. The summed E-state index contributed by atoms with van der Waals surface area (Å²) in [6.45, 7) is 3.58. The van der Waals surface area contributed by atoms with E-state index in [4.69, 9.17) is 9.47 Å². The van der Waals surface area contributed by atoms with Gasteiger partial charge in [0.05, 0.1) is 6.20 Å². The van der Waals surface area contributed by atoms with E-state index >= 15 is 4.39 Å². The highest BCUT2D eigenvalue weighted by Crippen LogP contribution is 2.46. The quantitative estimate of drug-likeness (QED) is 0.172. The number of rotatable bonds is 7. The Morgan fingerprint density at radius 2 is 1.79 bits per heavy atom. The van der Waals surface area contributed by atoms with E-state index in [0.717, 1.165) is 30.5 Å². The number of alkyl halides is 3. The van der Waals surface area contributed by atoms with Gasteiger partial charge in [0, 0.05) is 35.6 Å². The fourth-order valence-corrected chi connectivity index (χ4v) is 4.73. The van der Waals surface area contributed by atoms with E-state index in [1.54, 1.807) is 13.8 Å². The van der Waals surface area contributed by atoms with Gasteiger partial charge in [-0.05, 0) is 38.1 Å². The fourth-order valence-electron chi connectivity index (χ4n) is 4.73. The third kappa shape index (κ3) is 4.74. The Morgan fingerprint density at radius 1 is 1.05 bits per heavy atom. The van der Waals surface area contributed by atoms with Gasteiger partial charge >= 0.3 is 11.9 Å². The largest absolute Gasteiger partial charge is 0.452 e. The summed E-state index contributed by atoms with van der Waals surface area (Å²) >= 11 is 0. The van der Waals surface area contributed by atoms with Crippen molar-refractivity contribution in [2.24, 2.45) is 0 Å². The standard InChI is InChI=1S/C27H20F6N6O3/c1-12(2)38-21-19(8-9-34-24(21)37-26(38)40)41-18-7-6-13(10-17(18)30)36-25-22(42-25)14-11-35-39(23(14)27(31,32)33)20-15(28)4-3-5-16(20)29/h3-12,22,25,36H,1-2H3,(H,34,37,40). The maximum Gasteiger partial charge on any atom is 0.433 e. The lowest BCUT2D eigenvalue weighted by atomic mass is 10.1. The number of aromatic amines is 1. The molecule has 0 saturated carbocycles. The number of anilines is 1. The van der Waals surface area contributed by atoms with Crippen LogP contribution in [0, 0.1) is 17.5 Å². The van der Waals surface area contributed by atoms with E-state index in [9.17, 15) is 26.7 Å². The van der Waals surface area contributed by atoms with Gasteiger partial charge in [0.25, 0.3) is 0 Å². The molecule has 4 heterocycles. The number of para-hydroxylation sites is 1. The summed E-state index contributed by atoms with van der Waals surface area (Å²) in [5, 5.41) is 6.36. The van der Waals surface area contributed by atoms with Crippen molar-refractivity contribution >= 4 is 16.9 Å². The minimum Gasteiger partial charge on any atom is -0.452 e. The van der Waals surface area contributed by atoms with Crippen molar-refractivity contribution in [3.05, 3.63) is 94.1 Å². The summed E-state index contributed by atoms with van der Waals surface area (Å²) in [7, 11) is 0. The molecule has 218 valence electrons. The average Bonchev–Trinajstić information content (AvgIpc) is 3.35. The van der Waals surface area contributed by atoms with Crippen molar-refractivity contribution in [2.45, 2.75) is 38.4 Å². The Morgan fingerprint density at radius 3 is 2.45 bits per heavy atom. The number of epoxide rings is 1. The second-order valence-corrected chi connectivity index (χ2v) is 9.70. The Hall–Kier alpha value is -4.79. The molecule has 42 heavy (non-hydrogen) atoms. The van der Waals surface area contributed by atoms with Gasteiger partial charge in [-0.2, -0.15) is 18.3 Å². The van der Waals surface area contributed by atoms with Crippen LogP contribution in [0.25, 0.3) is 16.9 Å². The number of fused-ring (bicyclic) bond motifs is 1. The number of H-pyrrole nitrogens is 1. The van der Waals surface area contributed by atoms with E-state index in [-0.39, 0.29) is 33.6 Å². The lowest BCUT2D eigenvalue weighted by Crippen LogP contribution is -2.18. The highest BCUT2D eigenvalue weighted by Gasteiger charge is 2.49. The van der Waals surface area contributed by atoms with E-state index in [1.165, 1.54) is 29.0 Å². The first kappa shape index (κ1) is 27.4. The van der Waals surface area contributed by atoms with Crippen LogP contribution >= 0.6 is 0 Å². The number of imidazole rings is 1. The molecule has 2 aromatic carbocycles. The van der Waals surface area contributed by atoms with Gasteiger partial charge < -0.3 is 14.8 Å². The molecule has 2 atom stereocenters. The summed E-state index contributed by atoms with van der Waals surface area (Å²) in [6, 6.07) is 7.67. The smallest absolute Gasteiger partial charge is 0.433 e. The Kier molecular flexibility index (Phi) is 6.48. The monoisotopic (exact) mass is 590 g/mol. The molecule has 0 spiro atoms. The number of hydrogen-bond donors (Lipinski definition) is 2. The Balaban J connectivity index is 1.23. The van der Waals surface area contributed by atoms with E-state index in [1.807, 2.05) is 0 Å². The summed E-state index contributed by atoms with van der Waals surface area (Å²) in [5.41, 5.74) is -2.45. The molecule has 0 bridgehead atoms. The highest BCUT2D eigenvalue weighted by atomic mass is 19.4. The van der Waals surface area contributed by atoms with Gasteiger partial charge in [-0.15, -0.1) is 0 Å². The van der Waals surface area contributed by atoms with Crippen LogP contribution in [0.2, 0.25) is 0 Å². The van der Waals surface area contributed by atoms with E-state index < -0.39 is 58.6 Å². The van der Waals surface area contributed by atoms with Crippen LogP contribution in [-0.4, -0.2) is 30.5 Å². The SMILES string of the molecule is CC(C)n1c(=O)[nH]c2nccc(Oc3ccc(NC4OC4c4cnn(-c5c(F)cccc5F)c4C(F)(F)F)cc3F)c21. The number of nitrogens with zero attached hydrogens (tertiary/aromatic N) is 4. The average molecular weight is 590 g/mol. The molecule has 1 saturated heterocycles. The molecule has 2 unspecified atom stereocenters. The predicted octanol–water partition coefficient (Wildman–Crippen LogP) is 6.23. The number of nitrogens with one attached hydrogen (secondary N) is 2. The Labute approximate surface area is 232 Å². The molecule has 3 aromatic heterocycles. The van der Waals surface area contributed by atoms with Crippen LogP contribution in [0.1, 0.15) is 37.3 Å². The van der Waals surface area contributed by atoms with Crippen molar-refractivity contribution in [1.82, 2.24) is 24.3 Å². The number of halogens is 6. The summed E-state index contributed by atoms with van der Waals surface area (Å²) in [4.78, 5) is 19.1. The topological polar surface area (TPSA) is 102 Å². The minimum absolute atomic E-state index is 0.157. The minimum atomic E-state index is -5.03. The molecule has 6 rings (SSSR count). The summed E-state index contributed by atoms with van der Waals surface area (Å²) in [6.07, 6.45) is -5.00. The molecular weight excluding hydrogens is 570 g/mol. The van der Waals surface area contributed by atoms with Crippen molar-refractivity contribution < 1.29 is 35.8 Å². The molecule has 2 N–H and O–H groups in total. The number of ether oxygens (including phenoxy) is 2. The van der Waals surface area contributed by atoms with Crippen molar-refractivity contribution in [3.8, 4) is 17.2 Å². The third-order valence-electron chi connectivity index (χ3n) is 6.56. The lowest BCUT2D eigenvalue weighted by molar-refractivity contribution is -0.143. The summed E-state index contributed by atoms with van der Waals surface area (Å²) in [5.74, 6) is -3.26. The normalized spacial score (nSPS) is 16.8. The molecule has 5 aromatic rings. The molecule has 1 fully saturated rings. The molecule has 0 radical (unpaired) electrons. The van der Waals surface area contributed by atoms with Gasteiger partial charge in [0.2, 0.25) is 0 Å². The maximum absolute atomic E-state index is 15.0. The molecule has 1 aliphatic rings. The van der Waals surface area contributed by atoms with E-state index in [2.05, 4.69) is 20.4 Å². The van der Waals surface area contributed by atoms with Gasteiger partial charge in [-0.1, -0.05) is 6.07 Å². The first-order valence-corrected chi connectivity index (χ1v) is 12.5. The van der Waals surface area contributed by atoms with Gasteiger partial charge in [-0.25, -0.2) is 27.6 Å². The number of pyridine rings is 1. The van der Waals surface area contributed by atoms with Crippen LogP contribution < -0.4 is 15.7 Å². The third-order valence-corrected chi connectivity index (χ3v) is 6.56. The van der Waals surface area contributed by atoms with Gasteiger partial charge in [0.1, 0.15) is 17.3 Å². The first-order valence-electron chi connectivity index (χ1n) is 12.5. The molecular formula is C27H20F6N6O3. The van der Waals surface area contributed by atoms with Crippen LogP contribution in [0.4, 0.5) is 32.0 Å². The number of benzene rings is 2. The second kappa shape index (κ2) is 9.94. The zero-order chi connectivity index (χ0) is 29.9. The van der Waals surface area contributed by atoms with Crippen molar-refractivity contribution in [2.75, 3.05) is 5.32 Å². The number of hydrogen-bond acceptors (Lipinski definition) is 6. The molecule has 1 aliphatic heterocycles. The number of aromatic nitrogens is 5. The maximum atomic E-state index is 15.0. The van der Waals surface area contributed by atoms with Gasteiger partial charge in [-0.3, -0.25) is 9.55 Å². The van der Waals surface area contributed by atoms with E-state index in [0.29, 0.717) is 5.52 Å². The first-order chi connectivity index (χ1) is 19.9. The predicted molar refractivity (Wildman–Crippen MR) is 137 cm³/mol. The molecule has 0 aliphatic carbocycles. The van der Waals surface area contributed by atoms with Crippen LogP contribution in [0.5, 0.6) is 11.5 Å². The fraction of sp³-hybridized carbons (Fsp3) is 0.222. The van der Waals surface area contributed by atoms with Gasteiger partial charge in [0.15, 0.2) is 46.5 Å². The van der Waals surface area contributed by atoms with Crippen LogP contribution in [0.15, 0.2) is 59.7 Å². The zero-order valence-electron chi connectivity index (χ0n) is 21.7. The Bertz CT molecular complexity index is 1860. The van der Waals surface area contributed by atoms with Crippen LogP contribution in [0.3, 0.4) is 0 Å². The second-order valence-electron chi connectivity index (χ2n) is 9.70. The molecule has 0 amide bonds. The lowest BCUT2D eigenvalue weighted by Gasteiger charge is -2.13. The molecule has 9 nitrogen and oxygen atoms in total.